The summed E-state index contributed by atoms with van der Waals surface area (Å²) in [5.41, 5.74) is -9.10. The van der Waals surface area contributed by atoms with E-state index in [0.29, 0.717) is 5.06 Å². The van der Waals surface area contributed by atoms with Crippen molar-refractivity contribution in [2.24, 2.45) is 16.7 Å². The van der Waals surface area contributed by atoms with Crippen LogP contribution in [0.25, 0.3) is 0 Å². The minimum atomic E-state index is -2.49. The molecule has 2 saturated heterocycles. The molecule has 3 aliphatic carbocycles. The number of hydrogen-bond donors (Lipinski definition) is 4. The van der Waals surface area contributed by atoms with Crippen LogP contribution in [0.15, 0.2) is 71.8 Å². The zero-order valence-electron chi connectivity index (χ0n) is 41.9. The van der Waals surface area contributed by atoms with E-state index in [4.69, 9.17) is 33.3 Å². The number of benzene rings is 2. The number of fused-ring (bicyclic) bond motifs is 5. The van der Waals surface area contributed by atoms with Gasteiger partial charge in [0.2, 0.25) is 6.10 Å². The maximum atomic E-state index is 15.2. The lowest BCUT2D eigenvalue weighted by molar-refractivity contribution is -0.346. The highest BCUT2D eigenvalue weighted by atomic mass is 16.7. The first-order valence-corrected chi connectivity index (χ1v) is 24.1. The number of rotatable bonds is 14. The molecule has 2 saturated carbocycles. The van der Waals surface area contributed by atoms with Crippen molar-refractivity contribution in [2.75, 3.05) is 6.61 Å². The number of hydrogen-bond acceptors (Lipinski definition) is 19. The Balaban J connectivity index is 1.30. The number of carbonyl (C=O) groups is 9. The Morgan fingerprint density at radius 1 is 0.877 bits per heavy atom. The average Bonchev–Trinajstić information content (AvgIpc) is 3.63. The smallest absolute Gasteiger partial charge is 0.408 e. The quantitative estimate of drug-likeness (QED) is 0.0910. The number of aliphatic hydroxyl groups is 3. The van der Waals surface area contributed by atoms with Crippen molar-refractivity contribution in [2.45, 2.75) is 160 Å². The first-order valence-electron chi connectivity index (χ1n) is 24.1. The molecule has 11 atom stereocenters. The fraction of sp³-hybridized carbons (Fsp3) is 0.558. The summed E-state index contributed by atoms with van der Waals surface area (Å²) < 4.78 is 35.9. The maximum Gasteiger partial charge on any atom is 0.408 e. The van der Waals surface area contributed by atoms with Gasteiger partial charge in [-0.2, -0.15) is 0 Å². The molecule has 0 aromatic heterocycles. The molecule has 3 amide bonds. The fourth-order valence-electron chi connectivity index (χ4n) is 11.0. The Labute approximate surface area is 420 Å². The fourth-order valence-corrected chi connectivity index (χ4v) is 11.0. The van der Waals surface area contributed by atoms with Crippen molar-refractivity contribution in [3.8, 4) is 0 Å². The van der Waals surface area contributed by atoms with Crippen molar-refractivity contribution in [3.05, 3.63) is 82.9 Å². The molecule has 394 valence electrons. The lowest BCUT2D eigenvalue weighted by Gasteiger charge is -2.67. The Kier molecular flexibility index (Phi) is 15.2. The molecule has 2 bridgehead atoms. The highest BCUT2D eigenvalue weighted by Crippen LogP contribution is 2.64. The highest BCUT2D eigenvalue weighted by Gasteiger charge is 2.78. The molecule has 0 unspecified atom stereocenters. The third kappa shape index (κ3) is 10.2. The van der Waals surface area contributed by atoms with Crippen molar-refractivity contribution in [3.63, 3.8) is 0 Å². The van der Waals surface area contributed by atoms with Crippen LogP contribution in [0.4, 0.5) is 4.79 Å². The van der Waals surface area contributed by atoms with Gasteiger partial charge in [0.05, 0.1) is 29.6 Å². The second kappa shape index (κ2) is 20.4. The third-order valence-corrected chi connectivity index (χ3v) is 14.8. The summed E-state index contributed by atoms with van der Waals surface area (Å²) in [6.45, 7) is 11.3. The van der Waals surface area contributed by atoms with Crippen molar-refractivity contribution >= 4 is 53.5 Å². The summed E-state index contributed by atoms with van der Waals surface area (Å²) in [5, 5.41) is 41.1. The minimum absolute atomic E-state index is 0.0202. The molecular formula is C52H62N2O19. The molecule has 2 aliphatic heterocycles. The molecule has 5 aliphatic rings. The molecular weight excluding hydrogens is 957 g/mol. The van der Waals surface area contributed by atoms with Crippen LogP contribution in [0.2, 0.25) is 0 Å². The van der Waals surface area contributed by atoms with Gasteiger partial charge in [0.1, 0.15) is 41.7 Å². The summed E-state index contributed by atoms with van der Waals surface area (Å²) in [7, 11) is 0. The molecule has 4 fully saturated rings. The third-order valence-electron chi connectivity index (χ3n) is 14.8. The number of Topliss-reactive ketones (excluding diaryl/α,β-unsaturated/α-hetero) is 1. The van der Waals surface area contributed by atoms with Gasteiger partial charge in [-0.05, 0) is 69.9 Å². The first kappa shape index (κ1) is 54.2. The van der Waals surface area contributed by atoms with Crippen LogP contribution in [0.5, 0.6) is 0 Å². The lowest BCUT2D eigenvalue weighted by Crippen LogP contribution is -2.81. The Morgan fingerprint density at radius 2 is 1.48 bits per heavy atom. The number of amides is 3. The molecule has 2 aromatic rings. The van der Waals surface area contributed by atoms with E-state index in [1.807, 2.05) is 0 Å². The van der Waals surface area contributed by atoms with Gasteiger partial charge in [0.25, 0.3) is 11.8 Å². The van der Waals surface area contributed by atoms with Gasteiger partial charge in [-0.15, -0.1) is 5.06 Å². The topological polar surface area (TPSA) is 294 Å². The number of imide groups is 1. The minimum Gasteiger partial charge on any atom is -0.455 e. The monoisotopic (exact) mass is 1020 g/mol. The van der Waals surface area contributed by atoms with E-state index < -0.39 is 149 Å². The Morgan fingerprint density at radius 3 is 2.05 bits per heavy atom. The van der Waals surface area contributed by atoms with E-state index in [0.717, 1.165) is 6.92 Å². The van der Waals surface area contributed by atoms with Crippen LogP contribution in [0, 0.1) is 16.7 Å². The van der Waals surface area contributed by atoms with Crippen LogP contribution in [-0.2, 0) is 66.8 Å². The van der Waals surface area contributed by atoms with Crippen molar-refractivity contribution in [1.82, 2.24) is 10.4 Å². The zero-order chi connectivity index (χ0) is 53.6. The molecule has 4 N–H and O–H groups in total. The number of nitrogens with zero attached hydrogens (tertiary/aromatic N) is 1. The van der Waals surface area contributed by atoms with Gasteiger partial charge in [-0.25, -0.2) is 19.2 Å². The number of esters is 4. The lowest BCUT2D eigenvalue weighted by atomic mass is 9.44. The van der Waals surface area contributed by atoms with E-state index in [9.17, 15) is 48.9 Å². The number of carbonyl (C=O) groups excluding carboxylic acids is 9. The van der Waals surface area contributed by atoms with Crippen molar-refractivity contribution in [1.29, 1.82) is 0 Å². The molecule has 2 aromatic carbocycles. The number of ether oxygens (including phenoxy) is 6. The van der Waals surface area contributed by atoms with Crippen LogP contribution < -0.4 is 5.32 Å². The molecule has 2 heterocycles. The Hall–Kier alpha value is -6.55. The standard InChI is InChI=1S/C52H62N2O19/c1-27-31(68-46(64)41(39(29-16-11-9-12-17-29)53-47(65)72-48(3,4)5)69-36(59)20-15-21-37(60)73-54-34(57)22-23-35(54)58)25-52(66)44(70-45(63)30-18-13-10-14-19-30)42-50(8,43(62)40(61)38(27)49(52,6)7)32(56)24-33-51(42,26-67-33)71-28(2)55/h9-14,16-19,31-33,39-42,44,56,61,66H,15,20-26H2,1-8H3,(H,53,65)/t31-,32+,33-,39-,40-,41+,42-,44-,50-,51-,52-/m1/s1. The molecule has 0 spiro atoms. The van der Waals surface area contributed by atoms with Gasteiger partial charge in [0.15, 0.2) is 11.4 Å². The normalized spacial score (nSPS) is 30.2. The largest absolute Gasteiger partial charge is 0.455 e. The number of aliphatic hydroxyl groups excluding tert-OH is 2. The van der Waals surface area contributed by atoms with E-state index in [-0.39, 0.29) is 54.6 Å². The summed E-state index contributed by atoms with van der Waals surface area (Å²) in [4.78, 5) is 127. The first-order chi connectivity index (χ1) is 34.2. The van der Waals surface area contributed by atoms with Crippen molar-refractivity contribution < 1.29 is 91.7 Å². The number of hydroxylamine groups is 2. The molecule has 7 rings (SSSR count). The second-order valence-corrected chi connectivity index (χ2v) is 20.9. The van der Waals surface area contributed by atoms with E-state index in [1.165, 1.54) is 52.0 Å². The molecule has 73 heavy (non-hydrogen) atoms. The van der Waals surface area contributed by atoms with Crippen LogP contribution >= 0.6 is 0 Å². The van der Waals surface area contributed by atoms with Gasteiger partial charge in [-0.1, -0.05) is 62.4 Å². The van der Waals surface area contributed by atoms with E-state index >= 15 is 9.59 Å². The molecule has 21 heteroatoms. The molecule has 21 nitrogen and oxygen atoms in total. The predicted molar refractivity (Wildman–Crippen MR) is 249 cm³/mol. The van der Waals surface area contributed by atoms with Crippen LogP contribution in [-0.4, -0.2) is 134 Å². The van der Waals surface area contributed by atoms with Gasteiger partial charge >= 0.3 is 35.9 Å². The summed E-state index contributed by atoms with van der Waals surface area (Å²) >= 11 is 0. The second-order valence-electron chi connectivity index (χ2n) is 20.9. The highest BCUT2D eigenvalue weighted by molar-refractivity contribution is 6.01. The van der Waals surface area contributed by atoms with E-state index in [2.05, 4.69) is 5.32 Å². The van der Waals surface area contributed by atoms with Crippen LogP contribution in [0.1, 0.15) is 122 Å². The SMILES string of the molecule is CC(=O)O[C@]12CO[C@@H]1C[C@H](O)[C@@]1(C)C(=O)[C@H](O)C3=C(C)[C@H](OC(=O)[C@@H](OC(=O)CCCC(=O)ON4C(=O)CCC4=O)[C@H](NC(=O)OC(C)(C)C)c4ccccc4)C[C@@](O)([C@H](OC(=O)c4ccccc4)[C@@H]21)C3(C)C. The summed E-state index contributed by atoms with van der Waals surface area (Å²) in [6, 6.07) is 14.0. The summed E-state index contributed by atoms with van der Waals surface area (Å²) in [6.07, 6.45) is -13.9. The Bertz CT molecular complexity index is 2560. The van der Waals surface area contributed by atoms with Gasteiger partial charge in [0, 0.05) is 50.9 Å². The number of alkyl carbamates (subject to hydrolysis) is 1. The van der Waals surface area contributed by atoms with E-state index in [1.54, 1.807) is 57.2 Å². The van der Waals surface area contributed by atoms with Gasteiger partial charge in [-0.3, -0.25) is 24.0 Å². The predicted octanol–water partition coefficient (Wildman–Crippen LogP) is 3.59. The maximum absolute atomic E-state index is 15.2. The number of ketones is 1. The average molecular weight is 1020 g/mol. The van der Waals surface area contributed by atoms with Gasteiger partial charge < -0.3 is 53.9 Å². The van der Waals surface area contributed by atoms with Crippen LogP contribution in [0.3, 0.4) is 0 Å². The molecule has 0 radical (unpaired) electrons. The summed E-state index contributed by atoms with van der Waals surface area (Å²) in [5.74, 6) is -9.25. The zero-order valence-corrected chi connectivity index (χ0v) is 41.9. The number of nitrogens with one attached hydrogen (secondary N) is 1.